The first-order valence-corrected chi connectivity index (χ1v) is 7.58. The van der Waals surface area contributed by atoms with Crippen LogP contribution in [0.1, 0.15) is 0 Å². The molecule has 0 bridgehead atoms. The minimum atomic E-state index is -0.298. The van der Waals surface area contributed by atoms with Crippen LogP contribution in [0.4, 0.5) is 10.3 Å². The van der Waals surface area contributed by atoms with Crippen LogP contribution in [-0.2, 0) is 4.74 Å². The minimum Gasteiger partial charge on any atom is -0.378 e. The third kappa shape index (κ3) is 3.81. The van der Waals surface area contributed by atoms with Crippen molar-refractivity contribution in [2.45, 2.75) is 10.1 Å². The third-order valence-corrected chi connectivity index (χ3v) is 3.90. The van der Waals surface area contributed by atoms with Crippen LogP contribution in [0.3, 0.4) is 0 Å². The van der Waals surface area contributed by atoms with Crippen LogP contribution in [-0.4, -0.2) is 41.3 Å². The maximum Gasteiger partial charge on any atom is 0.230 e. The van der Waals surface area contributed by atoms with Gasteiger partial charge < -0.3 is 9.64 Å². The van der Waals surface area contributed by atoms with Gasteiger partial charge in [0.05, 0.1) is 13.2 Å². The summed E-state index contributed by atoms with van der Waals surface area (Å²) in [5, 5.41) is 0.576. The molecular formula is C13H12ClFN4OS. The summed E-state index contributed by atoms with van der Waals surface area (Å²) in [6, 6.07) is 6.25. The van der Waals surface area contributed by atoms with Crippen LogP contribution in [0.5, 0.6) is 0 Å². The predicted molar refractivity (Wildman–Crippen MR) is 78.4 cm³/mol. The summed E-state index contributed by atoms with van der Waals surface area (Å²) in [6.07, 6.45) is 0. The van der Waals surface area contributed by atoms with E-state index in [9.17, 15) is 4.39 Å². The largest absolute Gasteiger partial charge is 0.378 e. The maximum absolute atomic E-state index is 13.2. The highest BCUT2D eigenvalue weighted by atomic mass is 35.5. The number of aromatic nitrogens is 3. The Labute approximate surface area is 130 Å². The van der Waals surface area contributed by atoms with E-state index in [4.69, 9.17) is 16.3 Å². The van der Waals surface area contributed by atoms with E-state index < -0.39 is 0 Å². The highest BCUT2D eigenvalue weighted by Gasteiger charge is 2.16. The van der Waals surface area contributed by atoms with Gasteiger partial charge in [0.1, 0.15) is 5.82 Å². The van der Waals surface area contributed by atoms with Crippen LogP contribution in [0, 0.1) is 5.82 Å². The molecule has 8 heteroatoms. The van der Waals surface area contributed by atoms with Gasteiger partial charge in [0.15, 0.2) is 5.16 Å². The topological polar surface area (TPSA) is 51.1 Å². The fourth-order valence-electron chi connectivity index (χ4n) is 1.91. The molecule has 0 saturated carbocycles. The number of nitrogens with zero attached hydrogens (tertiary/aromatic N) is 4. The molecule has 0 amide bonds. The second-order valence-corrected chi connectivity index (χ2v) is 5.72. The summed E-state index contributed by atoms with van der Waals surface area (Å²) in [5.74, 6) is 0.228. The summed E-state index contributed by atoms with van der Waals surface area (Å²) in [7, 11) is 0. The lowest BCUT2D eigenvalue weighted by atomic mass is 10.4. The number of hydrogen-bond donors (Lipinski definition) is 0. The van der Waals surface area contributed by atoms with E-state index in [2.05, 4.69) is 15.0 Å². The van der Waals surface area contributed by atoms with Crippen LogP contribution in [0.2, 0.25) is 5.28 Å². The van der Waals surface area contributed by atoms with Gasteiger partial charge in [-0.3, -0.25) is 0 Å². The molecule has 0 N–H and O–H groups in total. The molecule has 1 saturated heterocycles. The molecular weight excluding hydrogens is 315 g/mol. The SMILES string of the molecule is Fc1cccc(Sc2nc(Cl)nc(N3CCOCC3)n2)c1. The van der Waals surface area contributed by atoms with Crippen molar-refractivity contribution < 1.29 is 9.13 Å². The highest BCUT2D eigenvalue weighted by molar-refractivity contribution is 7.99. The van der Waals surface area contributed by atoms with Crippen molar-refractivity contribution >= 4 is 29.3 Å². The fraction of sp³-hybridized carbons (Fsp3) is 0.308. The Bertz CT molecular complexity index is 639. The molecule has 1 aromatic carbocycles. The average Bonchev–Trinajstić information content (AvgIpc) is 2.47. The van der Waals surface area contributed by atoms with Gasteiger partial charge in [-0.15, -0.1) is 0 Å². The van der Waals surface area contributed by atoms with Crippen LogP contribution < -0.4 is 4.90 Å². The van der Waals surface area contributed by atoms with Crippen molar-refractivity contribution in [3.8, 4) is 0 Å². The second kappa shape index (κ2) is 6.55. The van der Waals surface area contributed by atoms with Crippen molar-refractivity contribution in [1.29, 1.82) is 0 Å². The van der Waals surface area contributed by atoms with Crippen molar-refractivity contribution in [1.82, 2.24) is 15.0 Å². The number of rotatable bonds is 3. The number of anilines is 1. The molecule has 21 heavy (non-hydrogen) atoms. The number of benzene rings is 1. The molecule has 0 unspecified atom stereocenters. The van der Waals surface area contributed by atoms with Gasteiger partial charge >= 0.3 is 0 Å². The number of halogens is 2. The van der Waals surface area contributed by atoms with Gasteiger partial charge in [-0.2, -0.15) is 15.0 Å². The zero-order valence-corrected chi connectivity index (χ0v) is 12.6. The summed E-state index contributed by atoms with van der Waals surface area (Å²) in [5.41, 5.74) is 0. The first kappa shape index (κ1) is 14.5. The number of hydrogen-bond acceptors (Lipinski definition) is 6. The van der Waals surface area contributed by atoms with E-state index in [1.54, 1.807) is 12.1 Å². The minimum absolute atomic E-state index is 0.130. The van der Waals surface area contributed by atoms with E-state index in [0.29, 0.717) is 42.3 Å². The third-order valence-electron chi connectivity index (χ3n) is 2.87. The number of ether oxygens (including phenoxy) is 1. The van der Waals surface area contributed by atoms with Crippen molar-refractivity contribution in [2.24, 2.45) is 0 Å². The predicted octanol–water partition coefficient (Wildman–Crippen LogP) is 2.65. The fourth-order valence-corrected chi connectivity index (χ4v) is 2.90. The molecule has 3 rings (SSSR count). The standard InChI is InChI=1S/C13H12ClFN4OS/c14-11-16-12(19-4-6-20-7-5-19)18-13(17-11)21-10-3-1-2-9(15)8-10/h1-3,8H,4-7H2. The van der Waals surface area contributed by atoms with E-state index in [-0.39, 0.29) is 11.1 Å². The Kier molecular flexibility index (Phi) is 4.52. The lowest BCUT2D eigenvalue weighted by Gasteiger charge is -2.26. The molecule has 2 heterocycles. The van der Waals surface area contributed by atoms with Gasteiger partial charge in [0, 0.05) is 18.0 Å². The van der Waals surface area contributed by atoms with Crippen molar-refractivity contribution in [2.75, 3.05) is 31.2 Å². The highest BCUT2D eigenvalue weighted by Crippen LogP contribution is 2.27. The molecule has 1 fully saturated rings. The Morgan fingerprint density at radius 2 is 2.00 bits per heavy atom. The van der Waals surface area contributed by atoms with Gasteiger partial charge in [0.25, 0.3) is 0 Å². The zero-order valence-electron chi connectivity index (χ0n) is 11.0. The van der Waals surface area contributed by atoms with Gasteiger partial charge in [-0.1, -0.05) is 6.07 Å². The molecule has 110 valence electrons. The Hall–Kier alpha value is -1.44. The molecule has 1 aliphatic rings. The average molecular weight is 327 g/mol. The van der Waals surface area contributed by atoms with Gasteiger partial charge in [-0.25, -0.2) is 4.39 Å². The molecule has 2 aromatic rings. The van der Waals surface area contributed by atoms with Gasteiger partial charge in [-0.05, 0) is 41.6 Å². The normalized spacial score (nSPS) is 15.2. The Morgan fingerprint density at radius 1 is 1.19 bits per heavy atom. The van der Waals surface area contributed by atoms with Crippen LogP contribution in [0.15, 0.2) is 34.3 Å². The first-order chi connectivity index (χ1) is 10.2. The van der Waals surface area contributed by atoms with Crippen LogP contribution >= 0.6 is 23.4 Å². The first-order valence-electron chi connectivity index (χ1n) is 6.38. The molecule has 0 spiro atoms. The van der Waals surface area contributed by atoms with Crippen molar-refractivity contribution in [3.05, 3.63) is 35.4 Å². The smallest absolute Gasteiger partial charge is 0.230 e. The van der Waals surface area contributed by atoms with E-state index in [1.165, 1.54) is 23.9 Å². The second-order valence-electron chi connectivity index (χ2n) is 4.35. The Balaban J connectivity index is 1.83. The van der Waals surface area contributed by atoms with Gasteiger partial charge in [0.2, 0.25) is 11.2 Å². The van der Waals surface area contributed by atoms with Crippen molar-refractivity contribution in [3.63, 3.8) is 0 Å². The maximum atomic E-state index is 13.2. The Morgan fingerprint density at radius 3 is 2.76 bits per heavy atom. The molecule has 0 atom stereocenters. The quantitative estimate of drug-likeness (QED) is 0.864. The molecule has 0 radical (unpaired) electrons. The van der Waals surface area contributed by atoms with Crippen LogP contribution in [0.25, 0.3) is 0 Å². The lowest BCUT2D eigenvalue weighted by molar-refractivity contribution is 0.122. The van der Waals surface area contributed by atoms with E-state index in [0.717, 1.165) is 0 Å². The molecule has 5 nitrogen and oxygen atoms in total. The van der Waals surface area contributed by atoms with E-state index >= 15 is 0 Å². The summed E-state index contributed by atoms with van der Waals surface area (Å²) in [4.78, 5) is 15.3. The lowest BCUT2D eigenvalue weighted by Crippen LogP contribution is -2.37. The summed E-state index contributed by atoms with van der Waals surface area (Å²) >= 11 is 7.21. The molecule has 1 aromatic heterocycles. The molecule has 1 aliphatic heterocycles. The molecule has 0 aliphatic carbocycles. The monoisotopic (exact) mass is 326 g/mol. The van der Waals surface area contributed by atoms with E-state index in [1.807, 2.05) is 4.90 Å². The number of morpholine rings is 1. The zero-order chi connectivity index (χ0) is 14.7. The summed E-state index contributed by atoms with van der Waals surface area (Å²) < 4.78 is 18.5. The summed E-state index contributed by atoms with van der Waals surface area (Å²) in [6.45, 7) is 2.69.